The van der Waals surface area contributed by atoms with Gasteiger partial charge >= 0.3 is 6.03 Å². The molecule has 2 N–H and O–H groups in total. The number of nitrogens with one attached hydrogen (secondary N) is 2. The van der Waals surface area contributed by atoms with E-state index in [0.29, 0.717) is 0 Å². The first-order valence-corrected chi connectivity index (χ1v) is 9.16. The van der Waals surface area contributed by atoms with Crippen molar-refractivity contribution in [1.29, 1.82) is 0 Å². The van der Waals surface area contributed by atoms with E-state index >= 15 is 0 Å². The fraction of sp³-hybridized carbons (Fsp3) is 0.421. The maximum absolute atomic E-state index is 12.4. The third kappa shape index (κ3) is 5.45. The average Bonchev–Trinajstić information content (AvgIpc) is 2.96. The van der Waals surface area contributed by atoms with Crippen LogP contribution in [0.5, 0.6) is 0 Å². The minimum absolute atomic E-state index is 0.00902. The van der Waals surface area contributed by atoms with Crippen molar-refractivity contribution < 1.29 is 14.6 Å². The zero-order valence-corrected chi connectivity index (χ0v) is 17.0. The van der Waals surface area contributed by atoms with Gasteiger partial charge in [0.05, 0.1) is 7.11 Å². The molecule has 1 aromatic carbocycles. The monoisotopic (exact) mass is 377 g/mol. The van der Waals surface area contributed by atoms with E-state index in [0.717, 1.165) is 26.8 Å². The van der Waals surface area contributed by atoms with E-state index in [2.05, 4.69) is 31.4 Å². The second-order valence-corrected chi connectivity index (χ2v) is 8.22. The van der Waals surface area contributed by atoms with Gasteiger partial charge in [0.2, 0.25) is 0 Å². The summed E-state index contributed by atoms with van der Waals surface area (Å²) in [6, 6.07) is 9.42. The lowest BCUT2D eigenvalue weighted by Gasteiger charge is -2.15. The van der Waals surface area contributed by atoms with Gasteiger partial charge in [-0.3, -0.25) is 5.32 Å². The number of amides is 2. The molecule has 0 radical (unpaired) electrons. The molecule has 2 aromatic rings. The quantitative estimate of drug-likeness (QED) is 0.559. The van der Waals surface area contributed by atoms with Gasteiger partial charge in [0.15, 0.2) is 0 Å². The van der Waals surface area contributed by atoms with Crippen molar-refractivity contribution in [3.63, 3.8) is 0 Å². The zero-order valence-electron chi connectivity index (χ0n) is 16.2. The van der Waals surface area contributed by atoms with E-state index in [9.17, 15) is 4.79 Å². The summed E-state index contributed by atoms with van der Waals surface area (Å²) in [7, 11) is 5.42. The van der Waals surface area contributed by atoms with Crippen molar-refractivity contribution in [2.75, 3.05) is 36.7 Å². The van der Waals surface area contributed by atoms with E-state index in [1.807, 2.05) is 49.3 Å². The number of hydrogen-bond acceptors (Lipinski definition) is 5. The molecular formula is C19H27N3O3S. The fourth-order valence-corrected chi connectivity index (χ4v) is 3.36. The summed E-state index contributed by atoms with van der Waals surface area (Å²) < 4.78 is 0. The Morgan fingerprint density at radius 3 is 2.35 bits per heavy atom. The van der Waals surface area contributed by atoms with E-state index in [1.165, 1.54) is 7.11 Å². The Hall–Kier alpha value is -2.09. The first-order valence-electron chi connectivity index (χ1n) is 8.35. The number of nitrogens with zero attached hydrogens (tertiary/aromatic N) is 1. The molecule has 0 unspecified atom stereocenters. The zero-order chi connectivity index (χ0) is 19.3. The number of anilines is 3. The van der Waals surface area contributed by atoms with Crippen molar-refractivity contribution in [2.45, 2.75) is 32.8 Å². The van der Waals surface area contributed by atoms with Crippen LogP contribution in [0.1, 0.15) is 31.2 Å². The molecule has 0 atom stereocenters. The summed E-state index contributed by atoms with van der Waals surface area (Å²) in [4.78, 5) is 25.3. The highest BCUT2D eigenvalue weighted by Gasteiger charge is 2.21. The highest BCUT2D eigenvalue weighted by Crippen LogP contribution is 2.36. The maximum Gasteiger partial charge on any atom is 0.324 e. The van der Waals surface area contributed by atoms with Crippen molar-refractivity contribution >= 4 is 33.7 Å². The molecule has 6 nitrogen and oxygen atoms in total. The van der Waals surface area contributed by atoms with Crippen LogP contribution in [0.2, 0.25) is 0 Å². The fourth-order valence-electron chi connectivity index (χ4n) is 2.24. The van der Waals surface area contributed by atoms with E-state index in [1.54, 1.807) is 11.3 Å². The number of urea groups is 1. The van der Waals surface area contributed by atoms with Crippen molar-refractivity contribution in [3.8, 4) is 0 Å². The molecule has 0 aliphatic carbocycles. The molecule has 0 fully saturated rings. The van der Waals surface area contributed by atoms with Crippen LogP contribution >= 0.6 is 11.3 Å². The lowest BCUT2D eigenvalue weighted by Crippen LogP contribution is -2.19. The number of carbonyl (C=O) groups excluding carboxylic acids is 1. The van der Waals surface area contributed by atoms with Crippen molar-refractivity contribution in [3.05, 3.63) is 40.8 Å². The van der Waals surface area contributed by atoms with Gasteiger partial charge in [-0.15, -0.1) is 11.3 Å². The predicted octanol–water partition coefficient (Wildman–Crippen LogP) is 4.83. The number of hydrogen-bond donors (Lipinski definition) is 2. The molecule has 0 aliphatic rings. The average molecular weight is 378 g/mol. The Labute approximate surface area is 159 Å². The molecule has 0 saturated heterocycles. The van der Waals surface area contributed by atoms with Crippen LogP contribution in [-0.2, 0) is 21.8 Å². The molecule has 0 aliphatic heterocycles. The van der Waals surface area contributed by atoms with Crippen LogP contribution in [-0.4, -0.2) is 27.2 Å². The second-order valence-electron chi connectivity index (χ2n) is 7.16. The lowest BCUT2D eigenvalue weighted by molar-refractivity contribution is -0.282. The summed E-state index contributed by atoms with van der Waals surface area (Å²) >= 11 is 1.55. The molecule has 1 aromatic heterocycles. The smallest absolute Gasteiger partial charge is 0.324 e. The van der Waals surface area contributed by atoms with Gasteiger partial charge in [0.25, 0.3) is 0 Å². The van der Waals surface area contributed by atoms with Crippen LogP contribution in [0.3, 0.4) is 0 Å². The second kappa shape index (κ2) is 8.53. The van der Waals surface area contributed by atoms with Gasteiger partial charge in [0, 0.05) is 35.9 Å². The molecule has 0 bridgehead atoms. The van der Waals surface area contributed by atoms with Gasteiger partial charge < -0.3 is 10.2 Å². The normalized spacial score (nSPS) is 11.3. The Morgan fingerprint density at radius 1 is 1.15 bits per heavy atom. The highest BCUT2D eigenvalue weighted by molar-refractivity contribution is 7.16. The van der Waals surface area contributed by atoms with Crippen LogP contribution < -0.4 is 15.5 Å². The molecule has 1 heterocycles. The van der Waals surface area contributed by atoms with Crippen LogP contribution in [0, 0.1) is 0 Å². The minimum atomic E-state index is -0.288. The Kier molecular flexibility index (Phi) is 6.63. The summed E-state index contributed by atoms with van der Waals surface area (Å²) in [5, 5.41) is 6.53. The molecule has 0 spiro atoms. The topological polar surface area (TPSA) is 62.8 Å². The maximum atomic E-state index is 12.4. The van der Waals surface area contributed by atoms with Crippen LogP contribution in [0.4, 0.5) is 21.2 Å². The van der Waals surface area contributed by atoms with Gasteiger partial charge in [-0.2, -0.15) is 0 Å². The number of benzene rings is 1. The number of thiophene rings is 1. The first-order chi connectivity index (χ1) is 12.2. The third-order valence-electron chi connectivity index (χ3n) is 3.75. The third-order valence-corrected chi connectivity index (χ3v) is 5.27. The Bertz CT molecular complexity index is 733. The standard InChI is InChI=1S/C19H27N3O3S/c1-19(2,3)16-11-13(12-25-24-6)17(26-16)21-18(23)20-14-7-9-15(10-8-14)22(4)5/h7-11H,12H2,1-6H3,(H2,20,21,23). The van der Waals surface area contributed by atoms with Gasteiger partial charge in [-0.05, 0) is 35.7 Å². The van der Waals surface area contributed by atoms with Gasteiger partial charge in [-0.1, -0.05) is 20.8 Å². The lowest BCUT2D eigenvalue weighted by atomic mass is 9.94. The predicted molar refractivity (Wildman–Crippen MR) is 108 cm³/mol. The number of rotatable bonds is 6. The van der Waals surface area contributed by atoms with Crippen LogP contribution in [0.25, 0.3) is 0 Å². The molecule has 7 heteroatoms. The van der Waals surface area contributed by atoms with Gasteiger partial charge in [0.1, 0.15) is 11.6 Å². The summed E-state index contributed by atoms with van der Waals surface area (Å²) in [6.07, 6.45) is 0. The SMILES string of the molecule is COOCc1cc(C(C)(C)C)sc1NC(=O)Nc1ccc(N(C)C)cc1. The van der Waals surface area contributed by atoms with Crippen LogP contribution in [0.15, 0.2) is 30.3 Å². The molecule has 142 valence electrons. The van der Waals surface area contributed by atoms with E-state index in [-0.39, 0.29) is 18.1 Å². The van der Waals surface area contributed by atoms with E-state index < -0.39 is 0 Å². The molecule has 2 amide bonds. The minimum Gasteiger partial charge on any atom is -0.378 e. The highest BCUT2D eigenvalue weighted by atomic mass is 32.1. The van der Waals surface area contributed by atoms with E-state index in [4.69, 9.17) is 9.78 Å². The molecule has 0 saturated carbocycles. The van der Waals surface area contributed by atoms with Crippen molar-refractivity contribution in [2.24, 2.45) is 0 Å². The summed E-state index contributed by atoms with van der Waals surface area (Å²) in [5.74, 6) is 0. The molecular weight excluding hydrogens is 350 g/mol. The molecule has 26 heavy (non-hydrogen) atoms. The van der Waals surface area contributed by atoms with Gasteiger partial charge in [-0.25, -0.2) is 14.6 Å². The number of carbonyl (C=O) groups is 1. The molecule has 2 rings (SSSR count). The largest absolute Gasteiger partial charge is 0.378 e. The Balaban J connectivity index is 2.10. The first kappa shape index (κ1) is 20.2. The summed E-state index contributed by atoms with van der Waals surface area (Å²) in [5.41, 5.74) is 2.68. The Morgan fingerprint density at radius 2 is 1.81 bits per heavy atom. The summed E-state index contributed by atoms with van der Waals surface area (Å²) in [6.45, 7) is 6.68. The van der Waals surface area contributed by atoms with Crippen molar-refractivity contribution in [1.82, 2.24) is 0 Å².